The second kappa shape index (κ2) is 5.54. The average Bonchev–Trinajstić information content (AvgIpc) is 2.81. The van der Waals surface area contributed by atoms with Crippen LogP contribution in [0.2, 0.25) is 0 Å². The highest BCUT2D eigenvalue weighted by molar-refractivity contribution is 14.1. The van der Waals surface area contributed by atoms with Crippen molar-refractivity contribution in [2.75, 3.05) is 0 Å². The van der Waals surface area contributed by atoms with Crippen LogP contribution in [-0.2, 0) is 0 Å². The molecule has 1 amide bonds. The molecule has 1 aliphatic rings. The fourth-order valence-corrected chi connectivity index (χ4v) is 3.69. The molecule has 0 saturated carbocycles. The largest absolute Gasteiger partial charge is 0.301 e. The molecule has 0 spiro atoms. The summed E-state index contributed by atoms with van der Waals surface area (Å²) in [5.74, 6) is 0.0863. The number of hydrogen-bond donors (Lipinski definition) is 0. The molecule has 3 rings (SSSR count). The highest BCUT2D eigenvalue weighted by Crippen LogP contribution is 2.44. The standard InChI is InChI=1S/C19H18INO/c1-19(2,3)21-17(16(20)13-9-5-4-6-10-13)14-11-7-8-12-15(14)18(21)22/h4-12H,1-3H3/b17-16+. The predicted molar refractivity (Wildman–Crippen MR) is 99.6 cm³/mol. The summed E-state index contributed by atoms with van der Waals surface area (Å²) >= 11 is 2.36. The lowest BCUT2D eigenvalue weighted by atomic mass is 10.0. The van der Waals surface area contributed by atoms with E-state index >= 15 is 0 Å². The molecular formula is C19H18INO. The van der Waals surface area contributed by atoms with E-state index in [0.29, 0.717) is 0 Å². The summed E-state index contributed by atoms with van der Waals surface area (Å²) in [7, 11) is 0. The van der Waals surface area contributed by atoms with E-state index in [9.17, 15) is 4.79 Å². The van der Waals surface area contributed by atoms with Crippen LogP contribution in [0.25, 0.3) is 9.28 Å². The van der Waals surface area contributed by atoms with E-state index in [1.807, 2.05) is 47.4 Å². The van der Waals surface area contributed by atoms with Gasteiger partial charge in [-0.15, -0.1) is 0 Å². The van der Waals surface area contributed by atoms with E-state index in [2.05, 4.69) is 55.5 Å². The summed E-state index contributed by atoms with van der Waals surface area (Å²) in [4.78, 5) is 14.8. The lowest BCUT2D eigenvalue weighted by Crippen LogP contribution is -2.40. The van der Waals surface area contributed by atoms with Gasteiger partial charge in [-0.05, 0) is 55.0 Å². The Morgan fingerprint density at radius 3 is 2.05 bits per heavy atom. The number of carbonyl (C=O) groups excluding carboxylic acids is 1. The van der Waals surface area contributed by atoms with Gasteiger partial charge in [-0.25, -0.2) is 0 Å². The van der Waals surface area contributed by atoms with E-state index in [1.54, 1.807) is 0 Å². The molecule has 1 heterocycles. The monoisotopic (exact) mass is 403 g/mol. The van der Waals surface area contributed by atoms with Gasteiger partial charge in [0.2, 0.25) is 0 Å². The molecule has 0 atom stereocenters. The topological polar surface area (TPSA) is 20.3 Å². The van der Waals surface area contributed by atoms with Crippen LogP contribution in [0, 0.1) is 0 Å². The van der Waals surface area contributed by atoms with E-state index in [-0.39, 0.29) is 11.4 Å². The van der Waals surface area contributed by atoms with Crippen molar-refractivity contribution in [2.45, 2.75) is 26.3 Å². The van der Waals surface area contributed by atoms with E-state index in [1.165, 1.54) is 0 Å². The summed E-state index contributed by atoms with van der Waals surface area (Å²) in [5.41, 5.74) is 3.70. The number of halogens is 1. The maximum Gasteiger partial charge on any atom is 0.259 e. The van der Waals surface area contributed by atoms with Crippen LogP contribution in [0.5, 0.6) is 0 Å². The Labute approximate surface area is 145 Å². The molecule has 1 aliphatic heterocycles. The van der Waals surface area contributed by atoms with Crippen LogP contribution in [0.3, 0.4) is 0 Å². The maximum atomic E-state index is 12.9. The number of benzene rings is 2. The Kier molecular flexibility index (Phi) is 3.85. The lowest BCUT2D eigenvalue weighted by molar-refractivity contribution is 0.0750. The van der Waals surface area contributed by atoms with Gasteiger partial charge in [0.15, 0.2) is 0 Å². The second-order valence-corrected chi connectivity index (χ2v) is 7.46. The van der Waals surface area contributed by atoms with Gasteiger partial charge >= 0.3 is 0 Å². The number of nitrogens with zero attached hydrogens (tertiary/aromatic N) is 1. The molecule has 2 aromatic rings. The molecule has 0 saturated heterocycles. The molecule has 0 N–H and O–H groups in total. The fourth-order valence-electron chi connectivity index (χ4n) is 2.80. The van der Waals surface area contributed by atoms with Crippen molar-refractivity contribution in [3.8, 4) is 0 Å². The van der Waals surface area contributed by atoms with Crippen LogP contribution >= 0.6 is 22.6 Å². The summed E-state index contributed by atoms with van der Waals surface area (Å²) in [6.07, 6.45) is 0. The lowest BCUT2D eigenvalue weighted by Gasteiger charge is -2.33. The molecular weight excluding hydrogens is 385 g/mol. The van der Waals surface area contributed by atoms with Gasteiger partial charge in [0.1, 0.15) is 0 Å². The third-order valence-corrected chi connectivity index (χ3v) is 4.88. The first-order valence-electron chi connectivity index (χ1n) is 7.30. The summed E-state index contributed by atoms with van der Waals surface area (Å²) in [6.45, 7) is 6.23. The molecule has 2 aromatic carbocycles. The van der Waals surface area contributed by atoms with Gasteiger partial charge in [-0.2, -0.15) is 0 Å². The molecule has 0 bridgehead atoms. The summed E-state index contributed by atoms with van der Waals surface area (Å²) in [5, 5.41) is 0. The number of hydrogen-bond acceptors (Lipinski definition) is 1. The first-order chi connectivity index (χ1) is 10.4. The number of amides is 1. The number of fused-ring (bicyclic) bond motifs is 1. The zero-order valence-electron chi connectivity index (χ0n) is 12.9. The number of rotatable bonds is 1. The molecule has 3 heteroatoms. The van der Waals surface area contributed by atoms with Crippen molar-refractivity contribution in [1.29, 1.82) is 0 Å². The Morgan fingerprint density at radius 1 is 0.909 bits per heavy atom. The predicted octanol–water partition coefficient (Wildman–Crippen LogP) is 5.20. The first kappa shape index (κ1) is 15.3. The Morgan fingerprint density at radius 2 is 1.45 bits per heavy atom. The minimum Gasteiger partial charge on any atom is -0.301 e. The van der Waals surface area contributed by atoms with Crippen molar-refractivity contribution in [1.82, 2.24) is 4.90 Å². The average molecular weight is 403 g/mol. The number of carbonyl (C=O) groups is 1. The quantitative estimate of drug-likeness (QED) is 0.600. The normalized spacial score (nSPS) is 16.7. The maximum absolute atomic E-state index is 12.9. The van der Waals surface area contributed by atoms with Crippen molar-refractivity contribution in [2.24, 2.45) is 0 Å². The van der Waals surface area contributed by atoms with E-state index in [4.69, 9.17) is 0 Å². The van der Waals surface area contributed by atoms with Gasteiger partial charge in [0.05, 0.1) is 5.70 Å². The second-order valence-electron chi connectivity index (χ2n) is 6.39. The van der Waals surface area contributed by atoms with Crippen molar-refractivity contribution in [3.63, 3.8) is 0 Å². The molecule has 0 unspecified atom stereocenters. The van der Waals surface area contributed by atoms with Crippen molar-refractivity contribution in [3.05, 3.63) is 71.3 Å². The van der Waals surface area contributed by atoms with Crippen LogP contribution in [0.1, 0.15) is 42.3 Å². The smallest absolute Gasteiger partial charge is 0.259 e. The third kappa shape index (κ3) is 2.47. The van der Waals surface area contributed by atoms with Gasteiger partial charge in [0, 0.05) is 20.2 Å². The van der Waals surface area contributed by atoms with Crippen molar-refractivity contribution >= 4 is 37.8 Å². The Balaban J connectivity index is 2.29. The SMILES string of the molecule is CC(C)(C)N1C(=O)c2ccccc2/C1=C(\I)c1ccccc1. The van der Waals surface area contributed by atoms with Crippen LogP contribution in [0.4, 0.5) is 0 Å². The molecule has 112 valence electrons. The molecule has 22 heavy (non-hydrogen) atoms. The van der Waals surface area contributed by atoms with Gasteiger partial charge < -0.3 is 4.90 Å². The van der Waals surface area contributed by atoms with Crippen LogP contribution in [0.15, 0.2) is 54.6 Å². The Hall–Kier alpha value is -1.62. The first-order valence-corrected chi connectivity index (χ1v) is 8.38. The zero-order chi connectivity index (χ0) is 15.9. The molecule has 0 radical (unpaired) electrons. The minimum atomic E-state index is -0.267. The summed E-state index contributed by atoms with van der Waals surface area (Å²) in [6, 6.07) is 18.1. The van der Waals surface area contributed by atoms with Gasteiger partial charge in [-0.1, -0.05) is 48.5 Å². The third-order valence-electron chi connectivity index (χ3n) is 3.75. The molecule has 0 aliphatic carbocycles. The van der Waals surface area contributed by atoms with E-state index in [0.717, 1.165) is 26.0 Å². The zero-order valence-corrected chi connectivity index (χ0v) is 15.1. The van der Waals surface area contributed by atoms with Crippen LogP contribution < -0.4 is 0 Å². The minimum absolute atomic E-state index is 0.0863. The molecule has 2 nitrogen and oxygen atoms in total. The molecule has 0 aromatic heterocycles. The highest BCUT2D eigenvalue weighted by Gasteiger charge is 2.40. The van der Waals surface area contributed by atoms with Gasteiger partial charge in [0.25, 0.3) is 5.91 Å². The van der Waals surface area contributed by atoms with E-state index < -0.39 is 0 Å². The summed E-state index contributed by atoms with van der Waals surface area (Å²) < 4.78 is 1.10. The highest BCUT2D eigenvalue weighted by atomic mass is 127. The van der Waals surface area contributed by atoms with Crippen molar-refractivity contribution < 1.29 is 4.79 Å². The van der Waals surface area contributed by atoms with Gasteiger partial charge in [-0.3, -0.25) is 4.79 Å². The van der Waals surface area contributed by atoms with Crippen LogP contribution in [-0.4, -0.2) is 16.3 Å². The Bertz CT molecular complexity index is 757. The molecule has 0 fully saturated rings. The fraction of sp³-hybridized carbons (Fsp3) is 0.211.